The molecule has 3 heterocycles. The molecule has 7 nitrogen and oxygen atoms in total. The van der Waals surface area contributed by atoms with Crippen molar-refractivity contribution in [2.75, 3.05) is 29.5 Å². The molecule has 3 fully saturated rings. The van der Waals surface area contributed by atoms with Crippen LogP contribution in [0.15, 0.2) is 73.8 Å². The predicted molar refractivity (Wildman–Crippen MR) is 170 cm³/mol. The monoisotopic (exact) mass is 587 g/mol. The third-order valence-electron chi connectivity index (χ3n) is 9.21. The van der Waals surface area contributed by atoms with Gasteiger partial charge in [0.25, 0.3) is 5.91 Å². The van der Waals surface area contributed by atoms with Crippen molar-refractivity contribution in [2.24, 2.45) is 11.8 Å². The van der Waals surface area contributed by atoms with E-state index < -0.39 is 28.7 Å². The third kappa shape index (κ3) is 4.78. The maximum atomic E-state index is 14.8. The van der Waals surface area contributed by atoms with Gasteiger partial charge in [-0.25, -0.2) is 0 Å². The smallest absolute Gasteiger partial charge is 0.251 e. The number of likely N-dealkylation sites (tertiary alicyclic amines) is 1. The number of aryl methyl sites for hydroxylation is 2. The highest BCUT2D eigenvalue weighted by molar-refractivity contribution is 8.02. The number of hydrogen-bond acceptors (Lipinski definition) is 5. The second-order valence-electron chi connectivity index (χ2n) is 11.6. The summed E-state index contributed by atoms with van der Waals surface area (Å²) in [5, 5.41) is 10.4. The van der Waals surface area contributed by atoms with Gasteiger partial charge in [0.15, 0.2) is 0 Å². The molecule has 8 heteroatoms. The molecule has 3 amide bonds. The summed E-state index contributed by atoms with van der Waals surface area (Å²) in [5.41, 5.74) is 3.53. The van der Waals surface area contributed by atoms with E-state index in [1.54, 1.807) is 38.6 Å². The quantitative estimate of drug-likeness (QED) is 0.378. The molecule has 3 saturated heterocycles. The molecule has 42 heavy (non-hydrogen) atoms. The van der Waals surface area contributed by atoms with Crippen LogP contribution in [-0.2, 0) is 14.4 Å². The Morgan fingerprint density at radius 2 is 1.79 bits per heavy atom. The number of fused-ring (bicyclic) bond motifs is 1. The van der Waals surface area contributed by atoms with Gasteiger partial charge in [-0.15, -0.1) is 24.9 Å². The van der Waals surface area contributed by atoms with Crippen LogP contribution in [0.5, 0.6) is 0 Å². The van der Waals surface area contributed by atoms with E-state index in [1.165, 1.54) is 0 Å². The molecule has 0 aliphatic carbocycles. The van der Waals surface area contributed by atoms with E-state index in [2.05, 4.69) is 13.2 Å². The number of aliphatic hydroxyl groups is 1. The largest absolute Gasteiger partial charge is 0.394 e. The predicted octanol–water partition coefficient (Wildman–Crippen LogP) is 4.90. The number of hydrogen-bond donors (Lipinski definition) is 1. The van der Waals surface area contributed by atoms with Crippen LogP contribution in [0.4, 0.5) is 11.4 Å². The Kier molecular flexibility index (Phi) is 8.67. The molecule has 6 atom stereocenters. The first-order valence-corrected chi connectivity index (χ1v) is 15.7. The van der Waals surface area contributed by atoms with E-state index in [1.807, 2.05) is 69.3 Å². The molecule has 222 valence electrons. The average molecular weight is 588 g/mol. The van der Waals surface area contributed by atoms with Crippen molar-refractivity contribution in [3.8, 4) is 0 Å². The van der Waals surface area contributed by atoms with Crippen molar-refractivity contribution in [2.45, 2.75) is 62.1 Å². The number of amides is 3. The lowest BCUT2D eigenvalue weighted by Gasteiger charge is -2.39. The van der Waals surface area contributed by atoms with Gasteiger partial charge in [0.05, 0.1) is 29.2 Å². The van der Waals surface area contributed by atoms with Gasteiger partial charge >= 0.3 is 0 Å². The topological polar surface area (TPSA) is 81.2 Å². The third-order valence-corrected chi connectivity index (χ3v) is 11.2. The Labute approximate surface area is 253 Å². The number of thioether (sulfide) groups is 1. The van der Waals surface area contributed by atoms with Gasteiger partial charge in [0, 0.05) is 29.7 Å². The molecule has 3 aliphatic heterocycles. The summed E-state index contributed by atoms with van der Waals surface area (Å²) < 4.78 is -0.755. The molecule has 1 spiro atoms. The number of para-hydroxylation sites is 1. The van der Waals surface area contributed by atoms with Crippen LogP contribution in [0.3, 0.4) is 0 Å². The number of nitrogens with zero attached hydrogens (tertiary/aromatic N) is 3. The maximum absolute atomic E-state index is 14.8. The zero-order valence-corrected chi connectivity index (χ0v) is 25.6. The van der Waals surface area contributed by atoms with Crippen LogP contribution in [0, 0.1) is 25.7 Å². The number of carbonyl (C=O) groups excluding carboxylic acids is 3. The van der Waals surface area contributed by atoms with Crippen molar-refractivity contribution in [3.63, 3.8) is 0 Å². The highest BCUT2D eigenvalue weighted by Gasteiger charge is 2.74. The van der Waals surface area contributed by atoms with E-state index in [9.17, 15) is 19.5 Å². The normalized spacial score (nSPS) is 26.6. The van der Waals surface area contributed by atoms with Gasteiger partial charge in [-0.2, -0.15) is 0 Å². The zero-order chi connectivity index (χ0) is 30.2. The van der Waals surface area contributed by atoms with Crippen LogP contribution in [-0.4, -0.2) is 69.5 Å². The number of rotatable bonds is 11. The lowest BCUT2D eigenvalue weighted by atomic mass is 9.70. The van der Waals surface area contributed by atoms with Crippen molar-refractivity contribution in [3.05, 3.63) is 85.0 Å². The van der Waals surface area contributed by atoms with E-state index in [0.717, 1.165) is 28.9 Å². The molecular formula is C34H41N3O4S. The first-order chi connectivity index (χ1) is 20.2. The van der Waals surface area contributed by atoms with Crippen molar-refractivity contribution >= 4 is 40.9 Å². The summed E-state index contributed by atoms with van der Waals surface area (Å²) in [5.74, 6) is -1.71. The van der Waals surface area contributed by atoms with Crippen molar-refractivity contribution in [1.29, 1.82) is 0 Å². The average Bonchev–Trinajstić information content (AvgIpc) is 3.64. The minimum Gasteiger partial charge on any atom is -0.394 e. The lowest BCUT2D eigenvalue weighted by Crippen LogP contribution is -2.57. The molecule has 2 aromatic carbocycles. The zero-order valence-electron chi connectivity index (χ0n) is 24.7. The fourth-order valence-corrected chi connectivity index (χ4v) is 9.49. The van der Waals surface area contributed by atoms with Gasteiger partial charge in [-0.05, 0) is 62.4 Å². The number of anilines is 2. The second kappa shape index (κ2) is 12.1. The highest BCUT2D eigenvalue weighted by Crippen LogP contribution is 2.67. The Morgan fingerprint density at radius 3 is 2.43 bits per heavy atom. The molecule has 0 saturated carbocycles. The lowest BCUT2D eigenvalue weighted by molar-refractivity contribution is -0.141. The number of aliphatic hydroxyl groups excluding tert-OH is 1. The van der Waals surface area contributed by atoms with E-state index in [-0.39, 0.29) is 36.1 Å². The van der Waals surface area contributed by atoms with Gasteiger partial charge in [0.1, 0.15) is 6.04 Å². The summed E-state index contributed by atoms with van der Waals surface area (Å²) >= 11 is 1.65. The van der Waals surface area contributed by atoms with Crippen LogP contribution >= 0.6 is 11.8 Å². The van der Waals surface area contributed by atoms with Crippen LogP contribution in [0.25, 0.3) is 0 Å². The Morgan fingerprint density at radius 1 is 1.10 bits per heavy atom. The first kappa shape index (κ1) is 30.1. The Bertz CT molecular complexity index is 1380. The minimum absolute atomic E-state index is 0.0670. The second-order valence-corrected chi connectivity index (χ2v) is 13.2. The van der Waals surface area contributed by atoms with E-state index in [0.29, 0.717) is 19.4 Å². The SMILES string of the molecule is C=CCN(C(=O)[C@@H]1[C@H]2C(=O)N([C@@H](CC)CO)C(C(=O)N(CC=C)c3cc(C)ccc3C)C23CC[C@H]1S3)c1ccccc1. The fourth-order valence-electron chi connectivity index (χ4n) is 7.29. The summed E-state index contributed by atoms with van der Waals surface area (Å²) in [4.78, 5) is 48.8. The summed E-state index contributed by atoms with van der Waals surface area (Å²) in [6, 6.07) is 14.2. The van der Waals surface area contributed by atoms with E-state index in [4.69, 9.17) is 0 Å². The molecule has 0 radical (unpaired) electrons. The molecule has 2 aromatic rings. The molecule has 0 aromatic heterocycles. The van der Waals surface area contributed by atoms with Gasteiger partial charge < -0.3 is 19.8 Å². The molecule has 2 unspecified atom stereocenters. The van der Waals surface area contributed by atoms with Crippen molar-refractivity contribution < 1.29 is 19.5 Å². The minimum atomic E-state index is -0.802. The first-order valence-electron chi connectivity index (χ1n) is 14.8. The molecular weight excluding hydrogens is 546 g/mol. The molecule has 3 aliphatic rings. The van der Waals surface area contributed by atoms with Crippen molar-refractivity contribution in [1.82, 2.24) is 4.90 Å². The molecule has 1 N–H and O–H groups in total. The Balaban J connectivity index is 1.61. The maximum Gasteiger partial charge on any atom is 0.251 e. The van der Waals surface area contributed by atoms with Gasteiger partial charge in [-0.1, -0.05) is 49.4 Å². The summed E-state index contributed by atoms with van der Waals surface area (Å²) in [7, 11) is 0. The molecule has 5 rings (SSSR count). The Hall–Kier alpha value is -3.36. The van der Waals surface area contributed by atoms with Gasteiger partial charge in [-0.3, -0.25) is 14.4 Å². The fraction of sp³-hybridized carbons (Fsp3) is 0.441. The number of benzene rings is 2. The summed E-state index contributed by atoms with van der Waals surface area (Å²) in [6.07, 6.45) is 5.32. The van der Waals surface area contributed by atoms with Crippen LogP contribution < -0.4 is 9.80 Å². The van der Waals surface area contributed by atoms with Crippen LogP contribution in [0.2, 0.25) is 0 Å². The highest BCUT2D eigenvalue weighted by atomic mass is 32.2. The summed E-state index contributed by atoms with van der Waals surface area (Å²) in [6.45, 7) is 14.0. The van der Waals surface area contributed by atoms with Crippen LogP contribution in [0.1, 0.15) is 37.3 Å². The van der Waals surface area contributed by atoms with Gasteiger partial charge in [0.2, 0.25) is 11.8 Å². The molecule has 2 bridgehead atoms. The number of carbonyl (C=O) groups is 3. The standard InChI is InChI=1S/C34H41N3O4S/c1-6-18-35(25-12-10-9-11-13-25)31(39)28-27-16-17-34(42-27)29(28)32(40)37(24(8-3)21-38)30(34)33(41)36(19-7-2)26-20-22(4)14-15-23(26)5/h6-7,9-15,20,24,27-30,38H,1-2,8,16-19,21H2,3-5H3/t24-,27+,28-,29-,30?,34?/m0/s1. The van der Waals surface area contributed by atoms with E-state index >= 15 is 0 Å².